The second kappa shape index (κ2) is 4.52. The Balaban J connectivity index is 1.50. The topological polar surface area (TPSA) is 30.5 Å². The van der Waals surface area contributed by atoms with Crippen LogP contribution in [0.5, 0.6) is 0 Å². The molecular weight excluding hydrogens is 214 g/mol. The molecule has 1 spiro atoms. The molecule has 3 aliphatic rings. The van der Waals surface area contributed by atoms with Crippen LogP contribution < -0.4 is 5.32 Å². The molecule has 3 rings (SSSR count). The molecule has 3 fully saturated rings. The van der Waals surface area contributed by atoms with Gasteiger partial charge in [0.1, 0.15) is 0 Å². The Morgan fingerprint density at radius 1 is 1.24 bits per heavy atom. The first-order chi connectivity index (χ1) is 8.20. The van der Waals surface area contributed by atoms with E-state index >= 15 is 0 Å². The smallest absolute Gasteiger partial charge is 0.0951 e. The van der Waals surface area contributed by atoms with E-state index in [-0.39, 0.29) is 5.60 Å². The maximum Gasteiger partial charge on any atom is 0.0951 e. The van der Waals surface area contributed by atoms with E-state index in [0.29, 0.717) is 11.5 Å². The first-order valence-electron chi connectivity index (χ1n) is 7.15. The molecular formula is C14H25NO2. The average molecular weight is 239 g/mol. The maximum atomic E-state index is 5.96. The van der Waals surface area contributed by atoms with Crippen LogP contribution in [0.1, 0.15) is 45.4 Å². The van der Waals surface area contributed by atoms with Crippen molar-refractivity contribution in [3.8, 4) is 0 Å². The molecule has 98 valence electrons. The largest absolute Gasteiger partial charge is 0.378 e. The summed E-state index contributed by atoms with van der Waals surface area (Å²) in [7, 11) is 0. The van der Waals surface area contributed by atoms with Gasteiger partial charge in [-0.25, -0.2) is 0 Å². The van der Waals surface area contributed by atoms with Crippen molar-refractivity contribution in [2.24, 2.45) is 5.41 Å². The highest BCUT2D eigenvalue weighted by Gasteiger charge is 2.41. The summed E-state index contributed by atoms with van der Waals surface area (Å²) in [5.41, 5.74) is 0.633. The van der Waals surface area contributed by atoms with Gasteiger partial charge in [-0.05, 0) is 31.1 Å². The van der Waals surface area contributed by atoms with Gasteiger partial charge < -0.3 is 14.8 Å². The fourth-order valence-corrected chi connectivity index (χ4v) is 3.41. The van der Waals surface area contributed by atoms with E-state index in [1.54, 1.807) is 0 Å². The molecule has 0 aromatic carbocycles. The Bertz CT molecular complexity index is 269. The van der Waals surface area contributed by atoms with Gasteiger partial charge >= 0.3 is 0 Å². The predicted octanol–water partition coefficient (Wildman–Crippen LogP) is 2.10. The van der Waals surface area contributed by atoms with Gasteiger partial charge in [-0.15, -0.1) is 0 Å². The SMILES string of the molecule is CC1(CNC2CCOC3(CCOC3)C2)CCC1. The van der Waals surface area contributed by atoms with Crippen molar-refractivity contribution in [3.05, 3.63) is 0 Å². The van der Waals surface area contributed by atoms with Gasteiger partial charge in [-0.2, -0.15) is 0 Å². The molecule has 0 radical (unpaired) electrons. The fourth-order valence-electron chi connectivity index (χ4n) is 3.41. The molecule has 1 N–H and O–H groups in total. The third-order valence-electron chi connectivity index (χ3n) is 4.94. The van der Waals surface area contributed by atoms with Gasteiger partial charge in [0.15, 0.2) is 0 Å². The molecule has 2 saturated heterocycles. The van der Waals surface area contributed by atoms with E-state index in [2.05, 4.69) is 12.2 Å². The van der Waals surface area contributed by atoms with Gasteiger partial charge in [0.2, 0.25) is 0 Å². The summed E-state index contributed by atoms with van der Waals surface area (Å²) < 4.78 is 11.5. The molecule has 0 bridgehead atoms. The quantitative estimate of drug-likeness (QED) is 0.818. The van der Waals surface area contributed by atoms with Crippen LogP contribution in [0, 0.1) is 5.41 Å². The average Bonchev–Trinajstić information content (AvgIpc) is 2.72. The van der Waals surface area contributed by atoms with Gasteiger partial charge in [-0.3, -0.25) is 0 Å². The minimum Gasteiger partial charge on any atom is -0.378 e. The number of hydrogen-bond acceptors (Lipinski definition) is 3. The van der Waals surface area contributed by atoms with Crippen LogP contribution in [0.4, 0.5) is 0 Å². The summed E-state index contributed by atoms with van der Waals surface area (Å²) in [4.78, 5) is 0. The summed E-state index contributed by atoms with van der Waals surface area (Å²) in [6.45, 7) is 6.19. The van der Waals surface area contributed by atoms with Crippen LogP contribution in [-0.4, -0.2) is 38.0 Å². The second-order valence-corrected chi connectivity index (χ2v) is 6.57. The molecule has 2 heterocycles. The van der Waals surface area contributed by atoms with E-state index in [4.69, 9.17) is 9.47 Å². The molecule has 2 atom stereocenters. The third-order valence-corrected chi connectivity index (χ3v) is 4.94. The van der Waals surface area contributed by atoms with Gasteiger partial charge in [0, 0.05) is 32.2 Å². The number of ether oxygens (including phenoxy) is 2. The number of rotatable bonds is 3. The number of hydrogen-bond donors (Lipinski definition) is 1. The molecule has 3 heteroatoms. The van der Waals surface area contributed by atoms with E-state index in [1.807, 2.05) is 0 Å². The lowest BCUT2D eigenvalue weighted by molar-refractivity contribution is -0.0905. The summed E-state index contributed by atoms with van der Waals surface area (Å²) in [6, 6.07) is 0.642. The molecule has 1 aliphatic carbocycles. The van der Waals surface area contributed by atoms with Crippen LogP contribution in [0.2, 0.25) is 0 Å². The van der Waals surface area contributed by atoms with Crippen molar-refractivity contribution in [2.45, 2.75) is 57.1 Å². The van der Waals surface area contributed by atoms with Crippen molar-refractivity contribution >= 4 is 0 Å². The first kappa shape index (κ1) is 11.9. The zero-order valence-electron chi connectivity index (χ0n) is 11.0. The Kier molecular flexibility index (Phi) is 3.18. The summed E-state index contributed by atoms with van der Waals surface area (Å²) in [6.07, 6.45) is 7.61. The lowest BCUT2D eigenvalue weighted by Crippen LogP contribution is -2.50. The lowest BCUT2D eigenvalue weighted by Gasteiger charge is -2.42. The Morgan fingerprint density at radius 3 is 2.76 bits per heavy atom. The van der Waals surface area contributed by atoms with E-state index in [1.165, 1.54) is 25.8 Å². The predicted molar refractivity (Wildman–Crippen MR) is 67.1 cm³/mol. The van der Waals surface area contributed by atoms with Crippen LogP contribution in [0.3, 0.4) is 0 Å². The van der Waals surface area contributed by atoms with Crippen LogP contribution in [0.25, 0.3) is 0 Å². The third kappa shape index (κ3) is 2.51. The maximum absolute atomic E-state index is 5.96. The molecule has 0 aromatic rings. The van der Waals surface area contributed by atoms with E-state index in [9.17, 15) is 0 Å². The van der Waals surface area contributed by atoms with Crippen molar-refractivity contribution in [1.29, 1.82) is 0 Å². The highest BCUT2D eigenvalue weighted by molar-refractivity contribution is 4.94. The van der Waals surface area contributed by atoms with Crippen molar-refractivity contribution < 1.29 is 9.47 Å². The molecule has 3 nitrogen and oxygen atoms in total. The summed E-state index contributed by atoms with van der Waals surface area (Å²) in [5, 5.41) is 3.78. The highest BCUT2D eigenvalue weighted by Crippen LogP contribution is 2.40. The van der Waals surface area contributed by atoms with Gasteiger partial charge in [-0.1, -0.05) is 13.3 Å². The minimum atomic E-state index is 0.0520. The molecule has 2 aliphatic heterocycles. The van der Waals surface area contributed by atoms with Crippen molar-refractivity contribution in [2.75, 3.05) is 26.4 Å². The van der Waals surface area contributed by atoms with Gasteiger partial charge in [0.25, 0.3) is 0 Å². The zero-order chi connectivity index (χ0) is 11.8. The monoisotopic (exact) mass is 239 g/mol. The Labute approximate surface area is 104 Å². The lowest BCUT2D eigenvalue weighted by atomic mass is 9.70. The molecule has 17 heavy (non-hydrogen) atoms. The van der Waals surface area contributed by atoms with E-state index < -0.39 is 0 Å². The van der Waals surface area contributed by atoms with E-state index in [0.717, 1.165) is 39.1 Å². The summed E-state index contributed by atoms with van der Waals surface area (Å²) in [5.74, 6) is 0. The molecule has 0 amide bonds. The minimum absolute atomic E-state index is 0.0520. The Morgan fingerprint density at radius 2 is 2.12 bits per heavy atom. The number of nitrogens with one attached hydrogen (secondary N) is 1. The second-order valence-electron chi connectivity index (χ2n) is 6.57. The van der Waals surface area contributed by atoms with Crippen molar-refractivity contribution in [3.63, 3.8) is 0 Å². The van der Waals surface area contributed by atoms with Crippen LogP contribution in [-0.2, 0) is 9.47 Å². The van der Waals surface area contributed by atoms with Crippen LogP contribution >= 0.6 is 0 Å². The highest BCUT2D eigenvalue weighted by atomic mass is 16.6. The zero-order valence-corrected chi connectivity index (χ0v) is 11.0. The molecule has 2 unspecified atom stereocenters. The summed E-state index contributed by atoms with van der Waals surface area (Å²) >= 11 is 0. The first-order valence-corrected chi connectivity index (χ1v) is 7.15. The molecule has 1 saturated carbocycles. The van der Waals surface area contributed by atoms with Crippen LogP contribution in [0.15, 0.2) is 0 Å². The molecule has 0 aromatic heterocycles. The van der Waals surface area contributed by atoms with Gasteiger partial charge in [0.05, 0.1) is 12.2 Å². The Hall–Kier alpha value is -0.120. The fraction of sp³-hybridized carbons (Fsp3) is 1.00. The van der Waals surface area contributed by atoms with Crippen molar-refractivity contribution in [1.82, 2.24) is 5.32 Å². The standard InChI is InChI=1S/C14H25NO2/c1-13(4-2-5-13)10-15-12-3-7-17-14(9-12)6-8-16-11-14/h12,15H,2-11H2,1H3. The normalized spacial score (nSPS) is 40.4.